The van der Waals surface area contributed by atoms with Crippen molar-refractivity contribution in [3.05, 3.63) is 16.6 Å². The van der Waals surface area contributed by atoms with Gasteiger partial charge >= 0.3 is 0 Å². The van der Waals surface area contributed by atoms with Crippen molar-refractivity contribution in [3.8, 4) is 0 Å². The Kier molecular flexibility index (Phi) is 6.39. The molecule has 30 heavy (non-hydrogen) atoms. The number of hydrogen-bond acceptors (Lipinski definition) is 12. The van der Waals surface area contributed by atoms with Crippen molar-refractivity contribution < 1.29 is 20.1 Å². The van der Waals surface area contributed by atoms with E-state index < -0.39 is 31.1 Å². The lowest BCUT2D eigenvalue weighted by Crippen LogP contribution is -2.33. The highest BCUT2D eigenvalue weighted by Crippen LogP contribution is 2.33. The number of aliphatic hydroxyl groups excluding tert-OH is 3. The largest absolute Gasteiger partial charge is 0.394 e. The standard InChI is InChI=1S/C16H20ClN7O4S2/c1-6(4-29-16-23-22-7(2)30-16)19-12-9-13(21-15(17)20-12)24(5-18-9)14-11(27)10(26)8(3-25)28-14/h5-6,8,10-11,14,25-27H,3-4H2,1-2H3,(H,19,20,21)/t6-,8-,10?,11?,14-/m1/s1. The van der Waals surface area contributed by atoms with E-state index in [-0.39, 0.29) is 11.3 Å². The summed E-state index contributed by atoms with van der Waals surface area (Å²) < 4.78 is 7.93. The van der Waals surface area contributed by atoms with Gasteiger partial charge in [0.15, 0.2) is 27.5 Å². The quantitative estimate of drug-likeness (QED) is 0.285. The second-order valence-corrected chi connectivity index (χ2v) is 9.62. The summed E-state index contributed by atoms with van der Waals surface area (Å²) in [5, 5.41) is 42.0. The first-order chi connectivity index (χ1) is 14.4. The molecule has 0 aliphatic carbocycles. The number of aryl methyl sites for hydroxylation is 1. The number of fused-ring (bicyclic) bond motifs is 1. The molecule has 1 fully saturated rings. The predicted octanol–water partition coefficient (Wildman–Crippen LogP) is 0.844. The molecule has 11 nitrogen and oxygen atoms in total. The third-order valence-corrected chi connectivity index (χ3v) is 6.93. The van der Waals surface area contributed by atoms with Crippen LogP contribution >= 0.6 is 34.7 Å². The molecule has 2 unspecified atom stereocenters. The smallest absolute Gasteiger partial charge is 0.226 e. The molecule has 4 N–H and O–H groups in total. The molecular weight excluding hydrogens is 454 g/mol. The molecule has 0 spiro atoms. The van der Waals surface area contributed by atoms with Gasteiger partial charge in [-0.05, 0) is 25.4 Å². The van der Waals surface area contributed by atoms with E-state index in [1.165, 1.54) is 22.2 Å². The van der Waals surface area contributed by atoms with Crippen LogP contribution in [-0.4, -0.2) is 81.7 Å². The van der Waals surface area contributed by atoms with Crippen molar-refractivity contribution in [1.82, 2.24) is 29.7 Å². The van der Waals surface area contributed by atoms with Crippen LogP contribution in [0.4, 0.5) is 5.82 Å². The highest BCUT2D eigenvalue weighted by Gasteiger charge is 2.44. The fourth-order valence-corrected chi connectivity index (χ4v) is 5.05. The van der Waals surface area contributed by atoms with E-state index in [4.69, 9.17) is 16.3 Å². The minimum Gasteiger partial charge on any atom is -0.394 e. The van der Waals surface area contributed by atoms with Gasteiger partial charge in [0.25, 0.3) is 0 Å². The van der Waals surface area contributed by atoms with Crippen molar-refractivity contribution in [3.63, 3.8) is 0 Å². The van der Waals surface area contributed by atoms with E-state index in [0.29, 0.717) is 22.7 Å². The molecule has 14 heteroatoms. The van der Waals surface area contributed by atoms with Gasteiger partial charge < -0.3 is 25.4 Å². The Balaban J connectivity index is 1.55. The van der Waals surface area contributed by atoms with E-state index in [9.17, 15) is 15.3 Å². The number of imidazole rings is 1. The normalized spacial score (nSPS) is 25.1. The summed E-state index contributed by atoms with van der Waals surface area (Å²) in [6.45, 7) is 3.48. The molecule has 4 heterocycles. The number of aromatic nitrogens is 6. The van der Waals surface area contributed by atoms with E-state index in [1.807, 2.05) is 13.8 Å². The highest BCUT2D eigenvalue weighted by atomic mass is 35.5. The van der Waals surface area contributed by atoms with Crippen LogP contribution in [0.3, 0.4) is 0 Å². The molecule has 4 rings (SSSR count). The summed E-state index contributed by atoms with van der Waals surface area (Å²) in [7, 11) is 0. The first kappa shape index (κ1) is 21.6. The molecule has 0 bridgehead atoms. The summed E-state index contributed by atoms with van der Waals surface area (Å²) in [4.78, 5) is 12.8. The summed E-state index contributed by atoms with van der Waals surface area (Å²) in [6.07, 6.45) is -2.92. The Hall–Kier alpha value is -1.61. The van der Waals surface area contributed by atoms with Gasteiger partial charge in [-0.15, -0.1) is 10.2 Å². The number of rotatable bonds is 7. The monoisotopic (exact) mass is 473 g/mol. The van der Waals surface area contributed by atoms with Gasteiger partial charge in [-0.25, -0.2) is 4.98 Å². The maximum Gasteiger partial charge on any atom is 0.226 e. The van der Waals surface area contributed by atoms with Crippen LogP contribution in [-0.2, 0) is 4.74 Å². The molecule has 3 aromatic rings. The first-order valence-electron chi connectivity index (χ1n) is 9.09. The number of anilines is 1. The Morgan fingerprint density at radius 3 is 2.80 bits per heavy atom. The van der Waals surface area contributed by atoms with Gasteiger partial charge in [-0.2, -0.15) is 9.97 Å². The van der Waals surface area contributed by atoms with Gasteiger partial charge in [0, 0.05) is 11.8 Å². The summed E-state index contributed by atoms with van der Waals surface area (Å²) >= 11 is 9.24. The molecule has 162 valence electrons. The van der Waals surface area contributed by atoms with Gasteiger partial charge in [0.05, 0.1) is 12.9 Å². The minimum atomic E-state index is -1.25. The summed E-state index contributed by atoms with van der Waals surface area (Å²) in [6, 6.07) is 0.00688. The average molecular weight is 474 g/mol. The topological polar surface area (TPSA) is 151 Å². The SMILES string of the molecule is Cc1nnc(SC[C@@H](C)Nc2nc(Cl)nc3c2ncn3[C@@H]2O[C@H](CO)C(O)C2O)s1. The summed E-state index contributed by atoms with van der Waals surface area (Å²) in [5.41, 5.74) is 0.785. The van der Waals surface area contributed by atoms with Crippen LogP contribution in [0.2, 0.25) is 5.28 Å². The Bertz CT molecular complexity index is 1030. The lowest BCUT2D eigenvalue weighted by atomic mass is 10.1. The molecule has 0 radical (unpaired) electrons. The van der Waals surface area contributed by atoms with Crippen LogP contribution in [0, 0.1) is 6.92 Å². The fourth-order valence-electron chi connectivity index (χ4n) is 3.09. The van der Waals surface area contributed by atoms with Gasteiger partial charge in [-0.1, -0.05) is 23.1 Å². The molecule has 5 atom stereocenters. The maximum absolute atomic E-state index is 10.3. The first-order valence-corrected chi connectivity index (χ1v) is 11.3. The Morgan fingerprint density at radius 2 is 2.13 bits per heavy atom. The van der Waals surface area contributed by atoms with Crippen molar-refractivity contribution >= 4 is 51.7 Å². The third-order valence-electron chi connectivity index (χ3n) is 4.53. The lowest BCUT2D eigenvalue weighted by Gasteiger charge is -2.17. The van der Waals surface area contributed by atoms with Crippen molar-refractivity contribution in [2.45, 2.75) is 48.8 Å². The zero-order valence-corrected chi connectivity index (χ0v) is 18.4. The maximum atomic E-state index is 10.3. The Morgan fingerprint density at radius 1 is 1.33 bits per heavy atom. The number of thioether (sulfide) groups is 1. The average Bonchev–Trinajstić information content (AvgIpc) is 3.39. The van der Waals surface area contributed by atoms with Gasteiger partial charge in [-0.3, -0.25) is 4.57 Å². The highest BCUT2D eigenvalue weighted by molar-refractivity contribution is 8.01. The van der Waals surface area contributed by atoms with Crippen molar-refractivity contribution in [2.24, 2.45) is 0 Å². The molecule has 1 aliphatic rings. The third kappa shape index (κ3) is 4.23. The molecule has 0 amide bonds. The zero-order chi connectivity index (χ0) is 21.4. The molecule has 3 aromatic heterocycles. The molecule has 0 aromatic carbocycles. The Labute approximate surface area is 184 Å². The van der Waals surface area contributed by atoms with E-state index >= 15 is 0 Å². The lowest BCUT2D eigenvalue weighted by molar-refractivity contribution is -0.0511. The van der Waals surface area contributed by atoms with Gasteiger partial charge in [0.1, 0.15) is 23.3 Å². The minimum absolute atomic E-state index is 0.00176. The molecular formula is C16H20ClN7O4S2. The van der Waals surface area contributed by atoms with Crippen LogP contribution in [0.1, 0.15) is 18.2 Å². The van der Waals surface area contributed by atoms with Crippen LogP contribution in [0.5, 0.6) is 0 Å². The molecule has 1 aliphatic heterocycles. The van der Waals surface area contributed by atoms with Crippen molar-refractivity contribution in [1.29, 1.82) is 0 Å². The zero-order valence-electron chi connectivity index (χ0n) is 16.0. The van der Waals surface area contributed by atoms with Crippen molar-refractivity contribution in [2.75, 3.05) is 17.7 Å². The number of nitrogens with zero attached hydrogens (tertiary/aromatic N) is 6. The fraction of sp³-hybridized carbons (Fsp3) is 0.562. The van der Waals surface area contributed by atoms with E-state index in [1.54, 1.807) is 11.8 Å². The second-order valence-electron chi connectivity index (χ2n) is 6.84. The summed E-state index contributed by atoms with van der Waals surface area (Å²) in [5.74, 6) is 1.16. The van der Waals surface area contributed by atoms with E-state index in [0.717, 1.165) is 9.35 Å². The molecule has 0 saturated carbocycles. The van der Waals surface area contributed by atoms with Gasteiger partial charge in [0.2, 0.25) is 5.28 Å². The number of nitrogens with one attached hydrogen (secondary N) is 1. The number of hydrogen-bond donors (Lipinski definition) is 4. The number of aliphatic hydroxyl groups is 3. The van der Waals surface area contributed by atoms with Crippen LogP contribution in [0.25, 0.3) is 11.2 Å². The van der Waals surface area contributed by atoms with Crippen LogP contribution in [0.15, 0.2) is 10.7 Å². The predicted molar refractivity (Wildman–Crippen MR) is 112 cm³/mol. The second kappa shape index (κ2) is 8.86. The van der Waals surface area contributed by atoms with E-state index in [2.05, 4.69) is 30.5 Å². The molecule has 1 saturated heterocycles. The van der Waals surface area contributed by atoms with Crippen LogP contribution < -0.4 is 5.32 Å². The number of ether oxygens (including phenoxy) is 1. The number of halogens is 1.